The van der Waals surface area contributed by atoms with E-state index in [1.54, 1.807) is 0 Å². The first-order valence-electron chi connectivity index (χ1n) is 6.08. The lowest BCUT2D eigenvalue weighted by atomic mass is 10.2. The van der Waals surface area contributed by atoms with E-state index in [-0.39, 0.29) is 27.6 Å². The highest BCUT2D eigenvalue weighted by Crippen LogP contribution is 2.33. The molecule has 2 rings (SSSR count). The zero-order valence-electron chi connectivity index (χ0n) is 10.9. The Morgan fingerprint density at radius 1 is 1.40 bits per heavy atom. The summed E-state index contributed by atoms with van der Waals surface area (Å²) in [5.74, 6) is 0.328. The fourth-order valence-corrected chi connectivity index (χ4v) is 3.87. The Bertz CT molecular complexity index is 585. The largest absolute Gasteiger partial charge is 0.495 e. The van der Waals surface area contributed by atoms with Crippen LogP contribution in [-0.2, 0) is 14.8 Å². The predicted octanol–water partition coefficient (Wildman–Crippen LogP) is 2.46. The third kappa shape index (κ3) is 3.56. The van der Waals surface area contributed by atoms with Gasteiger partial charge in [-0.15, -0.1) is 0 Å². The Balaban J connectivity index is 2.18. The number of methoxy groups -OCH3 is 1. The predicted molar refractivity (Wildman–Crippen MR) is 77.2 cm³/mol. The Morgan fingerprint density at radius 2 is 2.15 bits per heavy atom. The Kier molecular flexibility index (Phi) is 5.14. The van der Waals surface area contributed by atoms with Crippen molar-refractivity contribution >= 4 is 33.2 Å². The van der Waals surface area contributed by atoms with E-state index in [1.165, 1.54) is 19.2 Å². The summed E-state index contributed by atoms with van der Waals surface area (Å²) in [6, 6.07) is 2.66. The standard InChI is InChI=1S/C12H15Cl2NO4S/c1-18-11-5-10(14)12(6-9(11)13)20(16,17)15-7-8-3-2-4-19-8/h5-6,8,15H,2-4,7H2,1H3/t8-/m0/s1. The number of ether oxygens (including phenoxy) is 2. The van der Waals surface area contributed by atoms with Crippen molar-refractivity contribution < 1.29 is 17.9 Å². The first kappa shape index (κ1) is 15.9. The van der Waals surface area contributed by atoms with E-state index in [4.69, 9.17) is 32.7 Å². The molecule has 0 aliphatic carbocycles. The van der Waals surface area contributed by atoms with Crippen LogP contribution in [0.25, 0.3) is 0 Å². The smallest absolute Gasteiger partial charge is 0.242 e. The number of rotatable bonds is 5. The molecule has 1 aliphatic rings. The summed E-state index contributed by atoms with van der Waals surface area (Å²) < 4.78 is 37.3. The van der Waals surface area contributed by atoms with Crippen molar-refractivity contribution in [3.63, 3.8) is 0 Å². The minimum absolute atomic E-state index is 0.0612. The van der Waals surface area contributed by atoms with Gasteiger partial charge in [0.15, 0.2) is 0 Å². The van der Waals surface area contributed by atoms with Crippen LogP contribution in [-0.4, -0.2) is 34.8 Å². The number of hydrogen-bond acceptors (Lipinski definition) is 4. The van der Waals surface area contributed by atoms with Crippen LogP contribution in [0.15, 0.2) is 17.0 Å². The molecule has 1 aromatic carbocycles. The minimum atomic E-state index is -3.73. The Morgan fingerprint density at radius 3 is 2.75 bits per heavy atom. The SMILES string of the molecule is COc1cc(Cl)c(S(=O)(=O)NC[C@@H]2CCCO2)cc1Cl. The maximum absolute atomic E-state index is 12.2. The second kappa shape index (κ2) is 6.49. The molecular formula is C12H15Cl2NO4S. The van der Waals surface area contributed by atoms with Crippen LogP contribution in [0.2, 0.25) is 10.0 Å². The lowest BCUT2D eigenvalue weighted by Crippen LogP contribution is -2.32. The van der Waals surface area contributed by atoms with Crippen LogP contribution in [0, 0.1) is 0 Å². The summed E-state index contributed by atoms with van der Waals surface area (Å²) in [5.41, 5.74) is 0. The topological polar surface area (TPSA) is 64.6 Å². The normalized spacial score (nSPS) is 19.2. The molecular weight excluding hydrogens is 325 g/mol. The number of hydrogen-bond donors (Lipinski definition) is 1. The van der Waals surface area contributed by atoms with E-state index in [9.17, 15) is 8.42 Å². The average molecular weight is 340 g/mol. The van der Waals surface area contributed by atoms with Crippen molar-refractivity contribution in [3.8, 4) is 5.75 Å². The molecule has 8 heteroatoms. The number of halogens is 2. The minimum Gasteiger partial charge on any atom is -0.495 e. The lowest BCUT2D eigenvalue weighted by molar-refractivity contribution is 0.114. The highest BCUT2D eigenvalue weighted by molar-refractivity contribution is 7.89. The van der Waals surface area contributed by atoms with E-state index >= 15 is 0 Å². The molecule has 0 aromatic heterocycles. The van der Waals surface area contributed by atoms with Gasteiger partial charge in [-0.3, -0.25) is 0 Å². The molecule has 1 atom stereocenters. The number of nitrogens with one attached hydrogen (secondary N) is 1. The molecule has 1 heterocycles. The van der Waals surface area contributed by atoms with Crippen molar-refractivity contribution in [1.29, 1.82) is 0 Å². The maximum atomic E-state index is 12.2. The lowest BCUT2D eigenvalue weighted by Gasteiger charge is -2.13. The molecule has 0 spiro atoms. The van der Waals surface area contributed by atoms with Crippen LogP contribution in [0.3, 0.4) is 0 Å². The van der Waals surface area contributed by atoms with Gasteiger partial charge in [-0.1, -0.05) is 23.2 Å². The third-order valence-corrected chi connectivity index (χ3v) is 5.20. The van der Waals surface area contributed by atoms with Crippen LogP contribution < -0.4 is 9.46 Å². The van der Waals surface area contributed by atoms with Crippen LogP contribution in [0.4, 0.5) is 0 Å². The van der Waals surface area contributed by atoms with Crippen molar-refractivity contribution in [1.82, 2.24) is 4.72 Å². The van der Waals surface area contributed by atoms with Gasteiger partial charge in [-0.25, -0.2) is 13.1 Å². The molecule has 0 bridgehead atoms. The summed E-state index contributed by atoms with van der Waals surface area (Å²) in [7, 11) is -2.30. The first-order chi connectivity index (χ1) is 9.44. The molecule has 0 amide bonds. The molecule has 5 nitrogen and oxygen atoms in total. The molecule has 0 unspecified atom stereocenters. The van der Waals surface area contributed by atoms with Crippen LogP contribution in [0.5, 0.6) is 5.75 Å². The van der Waals surface area contributed by atoms with Gasteiger partial charge in [0, 0.05) is 19.2 Å². The van der Waals surface area contributed by atoms with Crippen LogP contribution >= 0.6 is 23.2 Å². The highest BCUT2D eigenvalue weighted by atomic mass is 35.5. The fourth-order valence-electron chi connectivity index (χ4n) is 1.96. The van der Waals surface area contributed by atoms with Gasteiger partial charge in [-0.2, -0.15) is 0 Å². The van der Waals surface area contributed by atoms with Crippen molar-refractivity contribution in [2.75, 3.05) is 20.3 Å². The quantitative estimate of drug-likeness (QED) is 0.894. The molecule has 1 aliphatic heterocycles. The number of sulfonamides is 1. The van der Waals surface area contributed by atoms with Crippen molar-refractivity contribution in [2.45, 2.75) is 23.8 Å². The van der Waals surface area contributed by atoms with E-state index in [2.05, 4.69) is 4.72 Å². The second-order valence-corrected chi connectivity index (χ2v) is 6.95. The van der Waals surface area contributed by atoms with Crippen molar-refractivity contribution in [2.24, 2.45) is 0 Å². The molecule has 112 valence electrons. The summed E-state index contributed by atoms with van der Waals surface area (Å²) in [4.78, 5) is -0.0667. The highest BCUT2D eigenvalue weighted by Gasteiger charge is 2.23. The monoisotopic (exact) mass is 339 g/mol. The van der Waals surface area contributed by atoms with Crippen LogP contribution in [0.1, 0.15) is 12.8 Å². The van der Waals surface area contributed by atoms with Gasteiger partial charge in [0.25, 0.3) is 0 Å². The molecule has 0 saturated carbocycles. The van der Waals surface area contributed by atoms with E-state index < -0.39 is 10.0 Å². The zero-order valence-corrected chi connectivity index (χ0v) is 13.2. The van der Waals surface area contributed by atoms with E-state index in [0.29, 0.717) is 12.4 Å². The van der Waals surface area contributed by atoms with Crippen molar-refractivity contribution in [3.05, 3.63) is 22.2 Å². The van der Waals surface area contributed by atoms with Gasteiger partial charge >= 0.3 is 0 Å². The maximum Gasteiger partial charge on any atom is 0.242 e. The number of benzene rings is 1. The molecule has 1 aromatic rings. The molecule has 1 fully saturated rings. The summed E-state index contributed by atoms with van der Waals surface area (Å²) in [6.45, 7) is 0.893. The van der Waals surface area contributed by atoms with Gasteiger partial charge < -0.3 is 9.47 Å². The average Bonchev–Trinajstić information content (AvgIpc) is 2.92. The van der Waals surface area contributed by atoms with Gasteiger partial charge in [0.05, 0.1) is 23.3 Å². The first-order valence-corrected chi connectivity index (χ1v) is 8.32. The molecule has 0 radical (unpaired) electrons. The third-order valence-electron chi connectivity index (χ3n) is 3.02. The Hall–Kier alpha value is -0.530. The summed E-state index contributed by atoms with van der Waals surface area (Å²) in [6.07, 6.45) is 1.71. The van der Waals surface area contributed by atoms with Gasteiger partial charge in [-0.05, 0) is 18.9 Å². The second-order valence-electron chi connectivity index (χ2n) is 4.40. The zero-order chi connectivity index (χ0) is 14.8. The molecule has 1 saturated heterocycles. The summed E-state index contributed by atoms with van der Waals surface area (Å²) in [5, 5.41) is 0.250. The van der Waals surface area contributed by atoms with Gasteiger partial charge in [0.1, 0.15) is 10.6 Å². The molecule has 1 N–H and O–H groups in total. The van der Waals surface area contributed by atoms with E-state index in [0.717, 1.165) is 12.8 Å². The van der Waals surface area contributed by atoms with E-state index in [1.807, 2.05) is 0 Å². The molecule has 20 heavy (non-hydrogen) atoms. The Labute approximate surface area is 128 Å². The summed E-state index contributed by atoms with van der Waals surface area (Å²) >= 11 is 11.9. The van der Waals surface area contributed by atoms with Gasteiger partial charge in [0.2, 0.25) is 10.0 Å². The fraction of sp³-hybridized carbons (Fsp3) is 0.500.